The summed E-state index contributed by atoms with van der Waals surface area (Å²) >= 11 is 0. The van der Waals surface area contributed by atoms with Gasteiger partial charge in [0, 0.05) is 11.6 Å². The van der Waals surface area contributed by atoms with Crippen LogP contribution in [-0.4, -0.2) is 24.3 Å². The quantitative estimate of drug-likeness (QED) is 0.592. The van der Waals surface area contributed by atoms with E-state index < -0.39 is 6.10 Å². The molecule has 0 fully saturated rings. The van der Waals surface area contributed by atoms with Crippen molar-refractivity contribution in [2.75, 3.05) is 14.2 Å². The van der Waals surface area contributed by atoms with Crippen molar-refractivity contribution >= 4 is 21.5 Å². The van der Waals surface area contributed by atoms with Crippen LogP contribution in [0.15, 0.2) is 66.9 Å². The monoisotopic (exact) mass is 345 g/mol. The Bertz CT molecular complexity index is 1090. The molecule has 0 amide bonds. The maximum atomic E-state index is 11.1. The molecule has 26 heavy (non-hydrogen) atoms. The van der Waals surface area contributed by atoms with Crippen molar-refractivity contribution in [3.8, 4) is 11.5 Å². The number of aliphatic hydroxyl groups is 1. The number of nitrogens with zero attached hydrogens (tertiary/aromatic N) is 1. The Morgan fingerprint density at radius 2 is 1.54 bits per heavy atom. The van der Waals surface area contributed by atoms with Crippen molar-refractivity contribution in [3.05, 3.63) is 78.1 Å². The first kappa shape index (κ1) is 16.4. The number of pyridine rings is 1. The van der Waals surface area contributed by atoms with Crippen molar-refractivity contribution in [3.63, 3.8) is 0 Å². The van der Waals surface area contributed by atoms with Crippen LogP contribution in [0, 0.1) is 0 Å². The Kier molecular flexibility index (Phi) is 4.19. The fourth-order valence-corrected chi connectivity index (χ4v) is 3.38. The van der Waals surface area contributed by atoms with Gasteiger partial charge in [-0.15, -0.1) is 0 Å². The highest BCUT2D eigenvalue weighted by Crippen LogP contribution is 2.37. The molecule has 1 N–H and O–H groups in total. The maximum absolute atomic E-state index is 11.1. The third kappa shape index (κ3) is 2.65. The van der Waals surface area contributed by atoms with Crippen LogP contribution in [-0.2, 0) is 0 Å². The van der Waals surface area contributed by atoms with Crippen LogP contribution in [0.4, 0.5) is 0 Å². The number of aromatic nitrogens is 1. The Morgan fingerprint density at radius 1 is 0.808 bits per heavy atom. The molecule has 0 aliphatic rings. The van der Waals surface area contributed by atoms with Gasteiger partial charge in [0.2, 0.25) is 0 Å². The summed E-state index contributed by atoms with van der Waals surface area (Å²) in [5.74, 6) is 1.26. The molecule has 0 aliphatic carbocycles. The minimum absolute atomic E-state index is 0.597. The largest absolute Gasteiger partial charge is 0.493 e. The number of fused-ring (bicyclic) bond motifs is 2. The van der Waals surface area contributed by atoms with E-state index in [0.717, 1.165) is 27.1 Å². The van der Waals surface area contributed by atoms with Gasteiger partial charge in [-0.05, 0) is 39.9 Å². The molecule has 4 aromatic rings. The molecule has 0 spiro atoms. The fraction of sp³-hybridized carbons (Fsp3) is 0.136. The van der Waals surface area contributed by atoms with E-state index in [-0.39, 0.29) is 0 Å². The van der Waals surface area contributed by atoms with Crippen molar-refractivity contribution in [2.24, 2.45) is 0 Å². The maximum Gasteiger partial charge on any atom is 0.161 e. The van der Waals surface area contributed by atoms with E-state index in [9.17, 15) is 5.11 Å². The summed E-state index contributed by atoms with van der Waals surface area (Å²) in [4.78, 5) is 4.47. The standard InChI is InChI=1S/C22H19NO3/c1-25-19-12-15-10-11-23-21(18(15)13-20(19)26-2)22(24)17-9-5-7-14-6-3-4-8-16(14)17/h3-13,22,24H,1-2H3. The number of rotatable bonds is 4. The Balaban J connectivity index is 1.93. The fourth-order valence-electron chi connectivity index (χ4n) is 3.38. The molecule has 4 nitrogen and oxygen atoms in total. The predicted molar refractivity (Wildman–Crippen MR) is 103 cm³/mol. The van der Waals surface area contributed by atoms with Crippen LogP contribution >= 0.6 is 0 Å². The summed E-state index contributed by atoms with van der Waals surface area (Å²) in [5.41, 5.74) is 1.43. The summed E-state index contributed by atoms with van der Waals surface area (Å²) in [5, 5.41) is 15.0. The lowest BCUT2D eigenvalue weighted by Gasteiger charge is -2.17. The van der Waals surface area contributed by atoms with Crippen molar-refractivity contribution in [2.45, 2.75) is 6.10 Å². The molecular weight excluding hydrogens is 326 g/mol. The van der Waals surface area contributed by atoms with Crippen LogP contribution in [0.3, 0.4) is 0 Å². The van der Waals surface area contributed by atoms with E-state index >= 15 is 0 Å². The minimum atomic E-state index is -0.845. The molecule has 4 rings (SSSR count). The highest BCUT2D eigenvalue weighted by atomic mass is 16.5. The first-order valence-corrected chi connectivity index (χ1v) is 8.39. The number of hydrogen-bond donors (Lipinski definition) is 1. The predicted octanol–water partition coefficient (Wildman–Crippen LogP) is 4.49. The van der Waals surface area contributed by atoms with E-state index in [1.165, 1.54) is 0 Å². The summed E-state index contributed by atoms with van der Waals surface area (Å²) < 4.78 is 10.8. The average Bonchev–Trinajstić information content (AvgIpc) is 2.71. The second-order valence-corrected chi connectivity index (χ2v) is 6.10. The third-order valence-corrected chi connectivity index (χ3v) is 4.68. The second kappa shape index (κ2) is 6.65. The van der Waals surface area contributed by atoms with Gasteiger partial charge in [0.1, 0.15) is 6.10 Å². The Labute approximate surface area is 151 Å². The first-order valence-electron chi connectivity index (χ1n) is 8.39. The van der Waals surface area contributed by atoms with Crippen LogP contribution in [0.1, 0.15) is 17.4 Å². The summed E-state index contributed by atoms with van der Waals surface area (Å²) in [6.45, 7) is 0. The van der Waals surface area contributed by atoms with Gasteiger partial charge in [-0.1, -0.05) is 42.5 Å². The molecular formula is C22H19NO3. The average molecular weight is 345 g/mol. The van der Waals surface area contributed by atoms with Crippen molar-refractivity contribution in [1.29, 1.82) is 0 Å². The number of ether oxygens (including phenoxy) is 2. The molecule has 0 aliphatic heterocycles. The number of hydrogen-bond acceptors (Lipinski definition) is 4. The van der Waals surface area contributed by atoms with Gasteiger partial charge in [0.15, 0.2) is 11.5 Å². The van der Waals surface area contributed by atoms with Gasteiger partial charge in [-0.25, -0.2) is 0 Å². The van der Waals surface area contributed by atoms with E-state index in [4.69, 9.17) is 9.47 Å². The Morgan fingerprint density at radius 3 is 2.35 bits per heavy atom. The first-order chi connectivity index (χ1) is 12.7. The molecule has 1 aromatic heterocycles. The normalized spacial score (nSPS) is 12.3. The molecule has 0 saturated carbocycles. The van der Waals surface area contributed by atoms with E-state index in [1.807, 2.05) is 60.7 Å². The van der Waals surface area contributed by atoms with E-state index in [2.05, 4.69) is 4.98 Å². The highest BCUT2D eigenvalue weighted by Gasteiger charge is 2.19. The van der Waals surface area contributed by atoms with E-state index in [0.29, 0.717) is 17.2 Å². The molecule has 1 unspecified atom stereocenters. The van der Waals surface area contributed by atoms with Gasteiger partial charge in [-0.3, -0.25) is 4.98 Å². The zero-order valence-electron chi connectivity index (χ0n) is 14.6. The van der Waals surface area contributed by atoms with Crippen LogP contribution in [0.5, 0.6) is 11.5 Å². The lowest BCUT2D eigenvalue weighted by Crippen LogP contribution is -2.04. The molecule has 0 bridgehead atoms. The van der Waals surface area contributed by atoms with Crippen LogP contribution in [0.2, 0.25) is 0 Å². The van der Waals surface area contributed by atoms with Crippen molar-refractivity contribution in [1.82, 2.24) is 4.98 Å². The lowest BCUT2D eigenvalue weighted by atomic mass is 9.96. The van der Waals surface area contributed by atoms with Crippen molar-refractivity contribution < 1.29 is 14.6 Å². The summed E-state index contributed by atoms with van der Waals surface area (Å²) in [6, 6.07) is 19.6. The minimum Gasteiger partial charge on any atom is -0.493 e. The second-order valence-electron chi connectivity index (χ2n) is 6.10. The topological polar surface area (TPSA) is 51.6 Å². The highest BCUT2D eigenvalue weighted by molar-refractivity contribution is 5.90. The molecule has 1 heterocycles. The molecule has 0 radical (unpaired) electrons. The van der Waals surface area contributed by atoms with Gasteiger partial charge in [-0.2, -0.15) is 0 Å². The van der Waals surface area contributed by atoms with Gasteiger partial charge >= 0.3 is 0 Å². The molecule has 0 saturated heterocycles. The zero-order chi connectivity index (χ0) is 18.1. The van der Waals surface area contributed by atoms with E-state index in [1.54, 1.807) is 20.4 Å². The van der Waals surface area contributed by atoms with Gasteiger partial charge < -0.3 is 14.6 Å². The van der Waals surface area contributed by atoms with Gasteiger partial charge in [0.05, 0.1) is 19.9 Å². The van der Waals surface area contributed by atoms with Crippen LogP contribution < -0.4 is 9.47 Å². The summed E-state index contributed by atoms with van der Waals surface area (Å²) in [6.07, 6.45) is 0.862. The molecule has 1 atom stereocenters. The summed E-state index contributed by atoms with van der Waals surface area (Å²) in [7, 11) is 3.21. The molecule has 4 heteroatoms. The third-order valence-electron chi connectivity index (χ3n) is 4.68. The number of methoxy groups -OCH3 is 2. The lowest BCUT2D eigenvalue weighted by molar-refractivity contribution is 0.218. The van der Waals surface area contributed by atoms with Gasteiger partial charge in [0.25, 0.3) is 0 Å². The number of benzene rings is 3. The number of aliphatic hydroxyl groups excluding tert-OH is 1. The smallest absolute Gasteiger partial charge is 0.161 e. The molecule has 130 valence electrons. The van der Waals surface area contributed by atoms with Crippen LogP contribution in [0.25, 0.3) is 21.5 Å². The zero-order valence-corrected chi connectivity index (χ0v) is 14.6. The molecule has 3 aromatic carbocycles. The Hall–Kier alpha value is -3.11. The SMILES string of the molecule is COc1cc2ccnc(C(O)c3cccc4ccccc34)c2cc1OC.